The highest BCUT2D eigenvalue weighted by Gasteiger charge is 2.42. The summed E-state index contributed by atoms with van der Waals surface area (Å²) in [4.78, 5) is 0. The highest BCUT2D eigenvalue weighted by molar-refractivity contribution is 4.91. The van der Waals surface area contributed by atoms with Crippen LogP contribution in [0, 0.1) is 0 Å². The smallest absolute Gasteiger partial charge is 0.117 e. The van der Waals surface area contributed by atoms with Gasteiger partial charge in [-0.25, -0.2) is 0 Å². The van der Waals surface area contributed by atoms with Gasteiger partial charge >= 0.3 is 0 Å². The van der Waals surface area contributed by atoms with Crippen LogP contribution in [0.25, 0.3) is 0 Å². The normalized spacial score (nSPS) is 52.9. The van der Waals surface area contributed by atoms with E-state index in [-0.39, 0.29) is 5.72 Å². The van der Waals surface area contributed by atoms with Gasteiger partial charge in [-0.3, -0.25) is 0 Å². The van der Waals surface area contributed by atoms with Crippen LogP contribution in [0.2, 0.25) is 0 Å². The third-order valence-electron chi connectivity index (χ3n) is 2.18. The molecular formula is C6H11NO. The molecule has 2 heterocycles. The number of ether oxygens (including phenoxy) is 1. The molecule has 8 heavy (non-hydrogen) atoms. The molecule has 2 nitrogen and oxygen atoms in total. The fraction of sp³-hybridized carbons (Fsp3) is 1.00. The Morgan fingerprint density at radius 2 is 2.00 bits per heavy atom. The number of hydrogen-bond acceptors (Lipinski definition) is 2. The summed E-state index contributed by atoms with van der Waals surface area (Å²) in [5.41, 5.74) is 5.59. The first-order valence-corrected chi connectivity index (χ1v) is 3.25. The molecule has 2 aliphatic rings. The summed E-state index contributed by atoms with van der Waals surface area (Å²) in [6.45, 7) is 0. The minimum Gasteiger partial charge on any atom is -0.358 e. The summed E-state index contributed by atoms with van der Waals surface area (Å²) in [6, 6.07) is 0. The van der Waals surface area contributed by atoms with E-state index in [2.05, 4.69) is 0 Å². The first-order chi connectivity index (χ1) is 3.79. The summed E-state index contributed by atoms with van der Waals surface area (Å²) >= 11 is 0. The molecule has 0 unspecified atom stereocenters. The van der Waals surface area contributed by atoms with Crippen LogP contribution in [0.5, 0.6) is 0 Å². The molecule has 0 aromatic rings. The van der Waals surface area contributed by atoms with Crippen molar-refractivity contribution in [3.8, 4) is 0 Å². The van der Waals surface area contributed by atoms with Crippen LogP contribution in [0.15, 0.2) is 0 Å². The Bertz CT molecular complexity index is 105. The first kappa shape index (κ1) is 4.77. The third-order valence-corrected chi connectivity index (χ3v) is 2.18. The van der Waals surface area contributed by atoms with E-state index in [1.807, 2.05) is 0 Å². The van der Waals surface area contributed by atoms with Crippen molar-refractivity contribution in [3.05, 3.63) is 0 Å². The van der Waals surface area contributed by atoms with Gasteiger partial charge in [-0.15, -0.1) is 0 Å². The SMILES string of the molecule is NC12CCC(CC1)O2. The lowest BCUT2D eigenvalue weighted by molar-refractivity contribution is 0.0186. The van der Waals surface area contributed by atoms with Crippen molar-refractivity contribution in [1.29, 1.82) is 0 Å². The van der Waals surface area contributed by atoms with Crippen molar-refractivity contribution in [3.63, 3.8) is 0 Å². The van der Waals surface area contributed by atoms with E-state index in [9.17, 15) is 0 Å². The Hall–Kier alpha value is -0.0800. The average molecular weight is 113 g/mol. The molecule has 0 aliphatic carbocycles. The van der Waals surface area contributed by atoms with Gasteiger partial charge in [-0.05, 0) is 25.7 Å². The molecule has 46 valence electrons. The summed E-state index contributed by atoms with van der Waals surface area (Å²) in [7, 11) is 0. The predicted octanol–water partition coefficient (Wildman–Crippen LogP) is 0.614. The first-order valence-electron chi connectivity index (χ1n) is 3.25. The third kappa shape index (κ3) is 0.501. The highest BCUT2D eigenvalue weighted by atomic mass is 16.5. The van der Waals surface area contributed by atoms with Gasteiger partial charge in [0.05, 0.1) is 6.10 Å². The van der Waals surface area contributed by atoms with Crippen LogP contribution in [0.3, 0.4) is 0 Å². The molecule has 0 aromatic carbocycles. The van der Waals surface area contributed by atoms with Crippen LogP contribution >= 0.6 is 0 Å². The zero-order valence-corrected chi connectivity index (χ0v) is 4.89. The standard InChI is InChI=1S/C6H11NO/c7-6-3-1-5(8-6)2-4-6/h5H,1-4,7H2. The molecular weight excluding hydrogens is 102 g/mol. The van der Waals surface area contributed by atoms with Crippen LogP contribution in [0.4, 0.5) is 0 Å². The Morgan fingerprint density at radius 1 is 1.38 bits per heavy atom. The van der Waals surface area contributed by atoms with Gasteiger partial charge in [0.1, 0.15) is 5.72 Å². The molecule has 2 bridgehead atoms. The monoisotopic (exact) mass is 113 g/mol. The van der Waals surface area contributed by atoms with Crippen LogP contribution in [-0.2, 0) is 4.74 Å². The Balaban J connectivity index is 2.19. The van der Waals surface area contributed by atoms with Crippen molar-refractivity contribution >= 4 is 0 Å². The Morgan fingerprint density at radius 3 is 2.12 bits per heavy atom. The largest absolute Gasteiger partial charge is 0.358 e. The molecule has 2 aliphatic heterocycles. The van der Waals surface area contributed by atoms with Crippen molar-refractivity contribution in [2.75, 3.05) is 0 Å². The summed E-state index contributed by atoms with van der Waals surface area (Å²) in [6.07, 6.45) is 5.06. The predicted molar refractivity (Wildman–Crippen MR) is 30.3 cm³/mol. The van der Waals surface area contributed by atoms with Crippen molar-refractivity contribution in [1.82, 2.24) is 0 Å². The van der Waals surface area contributed by atoms with E-state index in [1.54, 1.807) is 0 Å². The molecule has 0 amide bonds. The van der Waals surface area contributed by atoms with Crippen LogP contribution < -0.4 is 5.73 Å². The minimum absolute atomic E-state index is 0.190. The average Bonchev–Trinajstić information content (AvgIpc) is 2.21. The fourth-order valence-electron chi connectivity index (χ4n) is 1.65. The van der Waals surface area contributed by atoms with Gasteiger partial charge < -0.3 is 10.5 Å². The molecule has 2 N–H and O–H groups in total. The van der Waals surface area contributed by atoms with Gasteiger partial charge in [-0.2, -0.15) is 0 Å². The maximum absolute atomic E-state index is 5.78. The molecule has 0 radical (unpaired) electrons. The number of hydrogen-bond donors (Lipinski definition) is 1. The van der Waals surface area contributed by atoms with Crippen molar-refractivity contribution in [2.24, 2.45) is 5.73 Å². The lowest BCUT2D eigenvalue weighted by atomic mass is 9.96. The second-order valence-corrected chi connectivity index (χ2v) is 2.88. The molecule has 0 atom stereocenters. The van der Waals surface area contributed by atoms with Gasteiger partial charge in [0.15, 0.2) is 0 Å². The molecule has 2 saturated heterocycles. The van der Waals surface area contributed by atoms with Crippen molar-refractivity contribution in [2.45, 2.75) is 37.5 Å². The maximum atomic E-state index is 5.78. The van der Waals surface area contributed by atoms with E-state index in [4.69, 9.17) is 10.5 Å². The lowest BCUT2D eigenvalue weighted by Gasteiger charge is -2.16. The second-order valence-electron chi connectivity index (χ2n) is 2.88. The lowest BCUT2D eigenvalue weighted by Crippen LogP contribution is -2.35. The van der Waals surface area contributed by atoms with Gasteiger partial charge in [0.2, 0.25) is 0 Å². The number of fused-ring (bicyclic) bond motifs is 2. The number of nitrogens with two attached hydrogens (primary N) is 1. The van der Waals surface area contributed by atoms with Gasteiger partial charge in [0.25, 0.3) is 0 Å². The molecule has 0 aromatic heterocycles. The topological polar surface area (TPSA) is 35.2 Å². The highest BCUT2D eigenvalue weighted by Crippen LogP contribution is 2.39. The van der Waals surface area contributed by atoms with Crippen molar-refractivity contribution < 1.29 is 4.74 Å². The van der Waals surface area contributed by atoms with Crippen LogP contribution in [0.1, 0.15) is 25.7 Å². The van der Waals surface area contributed by atoms with E-state index >= 15 is 0 Å². The minimum atomic E-state index is -0.190. The number of rotatable bonds is 0. The summed E-state index contributed by atoms with van der Waals surface area (Å²) < 4.78 is 5.44. The molecule has 0 spiro atoms. The molecule has 2 heteroatoms. The zero-order valence-electron chi connectivity index (χ0n) is 4.89. The van der Waals surface area contributed by atoms with E-state index in [1.165, 1.54) is 12.8 Å². The Labute approximate surface area is 49.0 Å². The maximum Gasteiger partial charge on any atom is 0.117 e. The summed E-state index contributed by atoms with van der Waals surface area (Å²) in [5, 5.41) is 0. The fourth-order valence-corrected chi connectivity index (χ4v) is 1.65. The molecule has 2 rings (SSSR count). The van der Waals surface area contributed by atoms with Gasteiger partial charge in [0, 0.05) is 0 Å². The molecule has 0 saturated carbocycles. The zero-order chi connectivity index (χ0) is 5.61. The Kier molecular flexibility index (Phi) is 0.746. The molecule has 2 fully saturated rings. The van der Waals surface area contributed by atoms with Crippen LogP contribution in [-0.4, -0.2) is 11.8 Å². The quantitative estimate of drug-likeness (QED) is 0.499. The summed E-state index contributed by atoms with van der Waals surface area (Å²) in [5.74, 6) is 0. The van der Waals surface area contributed by atoms with E-state index < -0.39 is 0 Å². The van der Waals surface area contributed by atoms with E-state index in [0.29, 0.717) is 6.10 Å². The van der Waals surface area contributed by atoms with E-state index in [0.717, 1.165) is 12.8 Å². The van der Waals surface area contributed by atoms with Gasteiger partial charge in [-0.1, -0.05) is 0 Å². The second kappa shape index (κ2) is 1.25.